The molecule has 3 rings (SSSR count). The number of benzene rings is 1. The zero-order valence-corrected chi connectivity index (χ0v) is 15.5. The molecular weight excluding hydrogens is 364 g/mol. The Labute approximate surface area is 160 Å². The van der Waals surface area contributed by atoms with Gasteiger partial charge in [-0.2, -0.15) is 5.11 Å². The van der Waals surface area contributed by atoms with Crippen molar-refractivity contribution in [2.24, 2.45) is 10.3 Å². The molecule has 2 aromatic rings. The predicted octanol–water partition coefficient (Wildman–Crippen LogP) is 1.65. The van der Waals surface area contributed by atoms with Gasteiger partial charge in [0.1, 0.15) is 17.2 Å². The van der Waals surface area contributed by atoms with E-state index in [2.05, 4.69) is 25.6 Å². The number of nitro benzene ring substituents is 1. The molecule has 0 fully saturated rings. The van der Waals surface area contributed by atoms with Crippen molar-refractivity contribution in [3.8, 4) is 0 Å². The Balaban J connectivity index is 1.58. The number of amides is 1. The molecule has 0 saturated heterocycles. The van der Waals surface area contributed by atoms with Crippen LogP contribution in [0, 0.1) is 17.0 Å². The van der Waals surface area contributed by atoms with Gasteiger partial charge in [-0.15, -0.1) is 0 Å². The van der Waals surface area contributed by atoms with Gasteiger partial charge in [0.25, 0.3) is 11.6 Å². The summed E-state index contributed by atoms with van der Waals surface area (Å²) in [6.45, 7) is 4.73. The third kappa shape index (κ3) is 4.37. The van der Waals surface area contributed by atoms with E-state index in [0.29, 0.717) is 24.7 Å². The molecule has 0 saturated carbocycles. The van der Waals surface area contributed by atoms with Gasteiger partial charge in [0.15, 0.2) is 0 Å². The number of nitrogens with one attached hydrogen (secondary N) is 1. The first-order chi connectivity index (χ1) is 13.3. The first-order valence-electron chi connectivity index (χ1n) is 8.54. The van der Waals surface area contributed by atoms with Crippen molar-refractivity contribution in [1.82, 2.24) is 20.3 Å². The maximum absolute atomic E-state index is 12.3. The monoisotopic (exact) mass is 384 g/mol. The van der Waals surface area contributed by atoms with Crippen LogP contribution in [0.4, 0.5) is 11.5 Å². The maximum Gasteiger partial charge on any atom is 0.270 e. The highest BCUT2D eigenvalue weighted by atomic mass is 16.6. The Morgan fingerprint density at radius 1 is 1.46 bits per heavy atom. The van der Waals surface area contributed by atoms with Gasteiger partial charge in [0.05, 0.1) is 18.0 Å². The third-order valence-corrected chi connectivity index (χ3v) is 4.26. The summed E-state index contributed by atoms with van der Waals surface area (Å²) in [5.74, 6) is 0.586. The van der Waals surface area contributed by atoms with Crippen molar-refractivity contribution in [2.75, 3.05) is 18.8 Å². The van der Waals surface area contributed by atoms with E-state index in [1.165, 1.54) is 24.3 Å². The largest absolute Gasteiger partial charge is 0.383 e. The van der Waals surface area contributed by atoms with Crippen LogP contribution in [0.5, 0.6) is 0 Å². The van der Waals surface area contributed by atoms with Crippen molar-refractivity contribution in [3.05, 3.63) is 57.5 Å². The number of hydrogen-bond donors (Lipinski definition) is 2. The van der Waals surface area contributed by atoms with Crippen molar-refractivity contribution < 1.29 is 9.72 Å². The van der Waals surface area contributed by atoms with Gasteiger partial charge in [-0.25, -0.2) is 9.97 Å². The van der Waals surface area contributed by atoms with E-state index < -0.39 is 16.4 Å². The van der Waals surface area contributed by atoms with Crippen molar-refractivity contribution >= 4 is 17.4 Å². The van der Waals surface area contributed by atoms with E-state index in [0.717, 1.165) is 5.56 Å². The molecule has 0 spiro atoms. The minimum absolute atomic E-state index is 0.136. The fourth-order valence-corrected chi connectivity index (χ4v) is 2.77. The number of aryl methyl sites for hydroxylation is 1. The number of carbonyl (C=O) groups excluding carboxylic acids is 1. The summed E-state index contributed by atoms with van der Waals surface area (Å²) in [5.41, 5.74) is 6.11. The minimum Gasteiger partial charge on any atom is -0.383 e. The Bertz CT molecular complexity index is 948. The van der Waals surface area contributed by atoms with Crippen LogP contribution in [0.1, 0.15) is 28.7 Å². The van der Waals surface area contributed by atoms with Crippen LogP contribution in [0.25, 0.3) is 0 Å². The van der Waals surface area contributed by atoms with Gasteiger partial charge < -0.3 is 11.1 Å². The predicted molar refractivity (Wildman–Crippen MR) is 100 cm³/mol. The molecule has 1 aliphatic heterocycles. The SMILES string of the molecule is Cc1ncc(CN2CC(C)(CNC(=O)c3cccc([N+](=O)[O-])c3)N=N2)c(N)n1. The Hall–Kier alpha value is -3.63. The number of nitrogens with two attached hydrogens (primary N) is 1. The lowest BCUT2D eigenvalue weighted by molar-refractivity contribution is -0.384. The van der Waals surface area contributed by atoms with Crippen molar-refractivity contribution in [3.63, 3.8) is 0 Å². The topological polar surface area (TPSA) is 152 Å². The van der Waals surface area contributed by atoms with Crippen LogP contribution in [0.2, 0.25) is 0 Å². The van der Waals surface area contributed by atoms with Crippen molar-refractivity contribution in [1.29, 1.82) is 0 Å². The van der Waals surface area contributed by atoms with Crippen LogP contribution < -0.4 is 11.1 Å². The van der Waals surface area contributed by atoms with Gasteiger partial charge in [-0.3, -0.25) is 19.9 Å². The Kier molecular flexibility index (Phi) is 5.16. The Morgan fingerprint density at radius 2 is 2.25 bits per heavy atom. The molecule has 11 nitrogen and oxygen atoms in total. The number of rotatable bonds is 6. The molecular formula is C17H20N8O3. The molecule has 1 amide bonds. The van der Waals surface area contributed by atoms with Gasteiger partial charge >= 0.3 is 0 Å². The van der Waals surface area contributed by atoms with E-state index in [1.54, 1.807) is 18.1 Å². The van der Waals surface area contributed by atoms with Crippen LogP contribution in [-0.4, -0.2) is 44.4 Å². The van der Waals surface area contributed by atoms with Gasteiger partial charge in [0.2, 0.25) is 0 Å². The van der Waals surface area contributed by atoms with E-state index >= 15 is 0 Å². The molecule has 1 aromatic heterocycles. The fraction of sp³-hybridized carbons (Fsp3) is 0.353. The maximum atomic E-state index is 12.3. The number of nitrogen functional groups attached to an aromatic ring is 1. The highest BCUT2D eigenvalue weighted by Gasteiger charge is 2.33. The summed E-state index contributed by atoms with van der Waals surface area (Å²) in [4.78, 5) is 30.9. The second-order valence-corrected chi connectivity index (χ2v) is 6.83. The van der Waals surface area contributed by atoms with E-state index in [9.17, 15) is 14.9 Å². The van der Waals surface area contributed by atoms with Crippen molar-refractivity contribution in [2.45, 2.75) is 25.9 Å². The van der Waals surface area contributed by atoms with Gasteiger partial charge in [-0.1, -0.05) is 11.3 Å². The molecule has 146 valence electrons. The fourth-order valence-electron chi connectivity index (χ4n) is 2.77. The molecule has 3 N–H and O–H groups in total. The zero-order chi connectivity index (χ0) is 20.3. The summed E-state index contributed by atoms with van der Waals surface area (Å²) in [6.07, 6.45) is 1.66. The minimum atomic E-state index is -0.628. The quantitative estimate of drug-likeness (QED) is 0.567. The summed E-state index contributed by atoms with van der Waals surface area (Å²) in [5, 5.41) is 23.7. The molecule has 1 aromatic carbocycles. The lowest BCUT2D eigenvalue weighted by Crippen LogP contribution is -2.42. The Morgan fingerprint density at radius 3 is 2.96 bits per heavy atom. The van der Waals surface area contributed by atoms with Crippen LogP contribution >= 0.6 is 0 Å². The second kappa shape index (κ2) is 7.55. The van der Waals surface area contributed by atoms with Crippen LogP contribution in [0.3, 0.4) is 0 Å². The number of nitro groups is 1. The summed E-state index contributed by atoms with van der Waals surface area (Å²) in [6, 6.07) is 5.56. The highest BCUT2D eigenvalue weighted by Crippen LogP contribution is 2.23. The molecule has 0 aliphatic carbocycles. The lowest BCUT2D eigenvalue weighted by atomic mass is 10.0. The number of nitrogens with zero attached hydrogens (tertiary/aromatic N) is 6. The molecule has 1 aliphatic rings. The molecule has 0 radical (unpaired) electrons. The summed E-state index contributed by atoms with van der Waals surface area (Å²) < 4.78 is 0. The molecule has 2 heterocycles. The van der Waals surface area contributed by atoms with Crippen LogP contribution in [-0.2, 0) is 6.54 Å². The zero-order valence-electron chi connectivity index (χ0n) is 15.5. The number of carbonyl (C=O) groups is 1. The van der Waals surface area contributed by atoms with E-state index in [4.69, 9.17) is 5.73 Å². The molecule has 0 bridgehead atoms. The third-order valence-electron chi connectivity index (χ3n) is 4.26. The normalized spacial score (nSPS) is 18.3. The number of aromatic nitrogens is 2. The van der Waals surface area contributed by atoms with Gasteiger partial charge in [0, 0.05) is 36.0 Å². The molecule has 1 unspecified atom stereocenters. The second-order valence-electron chi connectivity index (χ2n) is 6.83. The molecule has 28 heavy (non-hydrogen) atoms. The number of anilines is 1. The van der Waals surface area contributed by atoms with E-state index in [-0.39, 0.29) is 17.8 Å². The van der Waals surface area contributed by atoms with Gasteiger partial charge in [-0.05, 0) is 19.9 Å². The standard InChI is InChI=1S/C17H20N8O3/c1-11-19-7-13(15(18)21-11)8-24-10-17(2,22-23-24)9-20-16(26)12-4-3-5-14(6-12)25(27)28/h3-7H,8-10H2,1-2H3,(H,20,26)(H2,18,19,21). The smallest absolute Gasteiger partial charge is 0.270 e. The summed E-state index contributed by atoms with van der Waals surface area (Å²) >= 11 is 0. The average Bonchev–Trinajstić information content (AvgIpc) is 3.03. The first kappa shape index (κ1) is 19.1. The molecule has 11 heteroatoms. The highest BCUT2D eigenvalue weighted by molar-refractivity contribution is 5.94. The average molecular weight is 384 g/mol. The number of non-ortho nitro benzene ring substituents is 1. The summed E-state index contributed by atoms with van der Waals surface area (Å²) in [7, 11) is 0. The molecule has 1 atom stereocenters. The van der Waals surface area contributed by atoms with E-state index in [1.807, 2.05) is 6.92 Å². The van der Waals surface area contributed by atoms with Crippen LogP contribution in [0.15, 0.2) is 40.8 Å². The first-order valence-corrected chi connectivity index (χ1v) is 8.54. The number of hydrogen-bond acceptors (Lipinski definition) is 9. The lowest BCUT2D eigenvalue weighted by Gasteiger charge is -2.22.